The van der Waals surface area contributed by atoms with Crippen molar-refractivity contribution < 1.29 is 13.3 Å². The summed E-state index contributed by atoms with van der Waals surface area (Å²) in [5.74, 6) is 0.0497. The van der Waals surface area contributed by atoms with Crippen molar-refractivity contribution in [1.29, 1.82) is 0 Å². The highest BCUT2D eigenvalue weighted by atomic mass is 35.5. The van der Waals surface area contributed by atoms with E-state index in [2.05, 4.69) is 0 Å². The Labute approximate surface area is 143 Å². The largest absolute Gasteiger partial charge is 0.270 e. The summed E-state index contributed by atoms with van der Waals surface area (Å²) in [7, 11) is -3.82. The summed E-state index contributed by atoms with van der Waals surface area (Å²) in [6.07, 6.45) is 1.41. The lowest BCUT2D eigenvalue weighted by molar-refractivity contribution is -0.384. The molecule has 3 aromatic rings. The lowest BCUT2D eigenvalue weighted by atomic mass is 10.2. The predicted molar refractivity (Wildman–Crippen MR) is 91.9 cm³/mol. The van der Waals surface area contributed by atoms with Crippen LogP contribution in [0.2, 0.25) is 0 Å². The van der Waals surface area contributed by atoms with Crippen molar-refractivity contribution in [3.05, 3.63) is 69.9 Å². The van der Waals surface area contributed by atoms with Gasteiger partial charge in [-0.3, -0.25) is 10.1 Å². The molecule has 124 valence electrons. The van der Waals surface area contributed by atoms with E-state index in [4.69, 9.17) is 11.6 Å². The van der Waals surface area contributed by atoms with Gasteiger partial charge in [0.05, 0.1) is 15.3 Å². The Bertz CT molecular complexity index is 1040. The van der Waals surface area contributed by atoms with Crippen molar-refractivity contribution in [3.63, 3.8) is 0 Å². The fourth-order valence-electron chi connectivity index (χ4n) is 2.50. The van der Waals surface area contributed by atoms with Crippen LogP contribution in [0.4, 0.5) is 5.69 Å². The van der Waals surface area contributed by atoms with Crippen LogP contribution in [0.15, 0.2) is 53.6 Å². The van der Waals surface area contributed by atoms with Gasteiger partial charge in [0.15, 0.2) is 0 Å². The zero-order chi connectivity index (χ0) is 17.5. The maximum atomic E-state index is 12.9. The third kappa shape index (κ3) is 2.65. The van der Waals surface area contributed by atoms with E-state index in [0.29, 0.717) is 16.5 Å². The molecule has 0 bridgehead atoms. The lowest BCUT2D eigenvalue weighted by Crippen LogP contribution is -2.11. The first-order valence-electron chi connectivity index (χ1n) is 7.01. The molecule has 0 spiro atoms. The number of nitro groups is 1. The highest BCUT2D eigenvalue weighted by molar-refractivity contribution is 7.90. The maximum absolute atomic E-state index is 12.9. The van der Waals surface area contributed by atoms with Gasteiger partial charge in [-0.05, 0) is 30.7 Å². The maximum Gasteiger partial charge on any atom is 0.270 e. The Morgan fingerprint density at radius 1 is 1.17 bits per heavy atom. The van der Waals surface area contributed by atoms with Gasteiger partial charge in [-0.1, -0.05) is 17.7 Å². The normalized spacial score (nSPS) is 11.8. The highest BCUT2D eigenvalue weighted by Crippen LogP contribution is 2.30. The number of halogens is 1. The van der Waals surface area contributed by atoms with Gasteiger partial charge in [0, 0.05) is 29.6 Å². The quantitative estimate of drug-likeness (QED) is 0.400. The molecule has 0 N–H and O–H groups in total. The number of rotatable bonds is 4. The van der Waals surface area contributed by atoms with Crippen molar-refractivity contribution in [3.8, 4) is 0 Å². The Morgan fingerprint density at radius 3 is 2.42 bits per heavy atom. The molecule has 0 fully saturated rings. The highest BCUT2D eigenvalue weighted by Gasteiger charge is 2.22. The van der Waals surface area contributed by atoms with E-state index >= 15 is 0 Å². The van der Waals surface area contributed by atoms with Crippen LogP contribution >= 0.6 is 11.6 Å². The fourth-order valence-corrected chi connectivity index (χ4v) is 4.10. The molecule has 0 atom stereocenters. The summed E-state index contributed by atoms with van der Waals surface area (Å²) in [5, 5.41) is 11.4. The van der Waals surface area contributed by atoms with E-state index in [0.717, 1.165) is 9.54 Å². The van der Waals surface area contributed by atoms with Crippen LogP contribution in [0, 0.1) is 17.0 Å². The molecule has 0 saturated carbocycles. The Morgan fingerprint density at radius 2 is 1.83 bits per heavy atom. The monoisotopic (exact) mass is 364 g/mol. The minimum Gasteiger partial charge on any atom is -0.258 e. The summed E-state index contributed by atoms with van der Waals surface area (Å²) >= 11 is 5.89. The zero-order valence-corrected chi connectivity index (χ0v) is 14.2. The molecule has 0 aliphatic rings. The molecule has 1 aromatic heterocycles. The molecular formula is C16H13ClN2O4S. The molecule has 2 aromatic carbocycles. The third-order valence-corrected chi connectivity index (χ3v) is 5.75. The molecule has 3 rings (SSSR count). The molecule has 0 aliphatic heterocycles. The first-order valence-corrected chi connectivity index (χ1v) is 8.98. The first-order chi connectivity index (χ1) is 11.3. The number of hydrogen-bond donors (Lipinski definition) is 0. The Hall–Kier alpha value is -2.38. The molecule has 8 heteroatoms. The van der Waals surface area contributed by atoms with Crippen molar-refractivity contribution in [1.82, 2.24) is 3.97 Å². The first kappa shape index (κ1) is 16.5. The summed E-state index contributed by atoms with van der Waals surface area (Å²) in [5.41, 5.74) is 1.71. The van der Waals surface area contributed by atoms with Gasteiger partial charge in [0.25, 0.3) is 15.7 Å². The van der Waals surface area contributed by atoms with E-state index in [1.54, 1.807) is 12.1 Å². The third-order valence-electron chi connectivity index (χ3n) is 3.77. The SMILES string of the molecule is Cc1ccc(S(=O)(=O)n2cc(CCl)c3cc([N+](=O)[O-])ccc32)cc1. The second kappa shape index (κ2) is 5.92. The van der Waals surface area contributed by atoms with Crippen molar-refractivity contribution in [2.75, 3.05) is 0 Å². The number of nitro benzene ring substituents is 1. The summed E-state index contributed by atoms with van der Waals surface area (Å²) < 4.78 is 26.9. The van der Waals surface area contributed by atoms with Gasteiger partial charge in [-0.25, -0.2) is 12.4 Å². The Balaban J connectivity index is 2.26. The number of nitrogens with zero attached hydrogens (tertiary/aromatic N) is 2. The van der Waals surface area contributed by atoms with Gasteiger partial charge in [0.1, 0.15) is 0 Å². The molecule has 0 amide bonds. The molecule has 24 heavy (non-hydrogen) atoms. The standard InChI is InChI=1S/C16H13ClN2O4S/c1-11-2-5-14(6-3-11)24(22,23)18-10-12(9-17)15-8-13(19(20)21)4-7-16(15)18/h2-8,10H,9H2,1H3. The molecule has 6 nitrogen and oxygen atoms in total. The van der Waals surface area contributed by atoms with E-state index in [9.17, 15) is 18.5 Å². The van der Waals surface area contributed by atoms with E-state index in [1.807, 2.05) is 6.92 Å². The smallest absolute Gasteiger partial charge is 0.258 e. The zero-order valence-electron chi connectivity index (χ0n) is 12.6. The van der Waals surface area contributed by atoms with Crippen molar-refractivity contribution >= 4 is 38.2 Å². The van der Waals surface area contributed by atoms with Crippen LogP contribution in [0.25, 0.3) is 10.9 Å². The van der Waals surface area contributed by atoms with E-state index < -0.39 is 14.9 Å². The van der Waals surface area contributed by atoms with Crippen LogP contribution in [0.3, 0.4) is 0 Å². The topological polar surface area (TPSA) is 82.2 Å². The summed E-state index contributed by atoms with van der Waals surface area (Å²) in [6.45, 7) is 1.87. The average molecular weight is 365 g/mol. The lowest BCUT2D eigenvalue weighted by Gasteiger charge is -2.07. The van der Waals surface area contributed by atoms with Crippen LogP contribution in [-0.4, -0.2) is 17.3 Å². The van der Waals surface area contributed by atoms with Gasteiger partial charge in [-0.2, -0.15) is 0 Å². The number of hydrogen-bond acceptors (Lipinski definition) is 4. The minimum absolute atomic E-state index is 0.0497. The number of alkyl halides is 1. The van der Waals surface area contributed by atoms with Crippen LogP contribution < -0.4 is 0 Å². The fraction of sp³-hybridized carbons (Fsp3) is 0.125. The van der Waals surface area contributed by atoms with Gasteiger partial charge >= 0.3 is 0 Å². The van der Waals surface area contributed by atoms with Crippen LogP contribution in [0.5, 0.6) is 0 Å². The minimum atomic E-state index is -3.82. The molecule has 0 aliphatic carbocycles. The molecule has 0 unspecified atom stereocenters. The van der Waals surface area contributed by atoms with Crippen LogP contribution in [0.1, 0.15) is 11.1 Å². The molecule has 1 heterocycles. The molecule has 0 saturated heterocycles. The summed E-state index contributed by atoms with van der Waals surface area (Å²) in [6, 6.07) is 10.5. The average Bonchev–Trinajstić information content (AvgIpc) is 2.93. The second-order valence-corrected chi connectivity index (χ2v) is 7.44. The molecule has 0 radical (unpaired) electrons. The predicted octanol–water partition coefficient (Wildman–Crippen LogP) is 3.83. The van der Waals surface area contributed by atoms with E-state index in [-0.39, 0.29) is 16.5 Å². The summed E-state index contributed by atoms with van der Waals surface area (Å²) in [4.78, 5) is 10.6. The van der Waals surface area contributed by atoms with Gasteiger partial charge in [-0.15, -0.1) is 11.6 Å². The van der Waals surface area contributed by atoms with Gasteiger partial charge < -0.3 is 0 Å². The number of aromatic nitrogens is 1. The Kier molecular flexibility index (Phi) is 4.06. The number of non-ortho nitro benzene ring substituents is 1. The number of benzene rings is 2. The second-order valence-electron chi connectivity index (χ2n) is 5.36. The van der Waals surface area contributed by atoms with Crippen molar-refractivity contribution in [2.24, 2.45) is 0 Å². The number of fused-ring (bicyclic) bond motifs is 1. The van der Waals surface area contributed by atoms with Crippen LogP contribution in [-0.2, 0) is 15.9 Å². The molecular weight excluding hydrogens is 352 g/mol. The van der Waals surface area contributed by atoms with Gasteiger partial charge in [0.2, 0.25) is 0 Å². The van der Waals surface area contributed by atoms with Crippen molar-refractivity contribution in [2.45, 2.75) is 17.7 Å². The number of aryl methyl sites for hydroxylation is 1. The van der Waals surface area contributed by atoms with E-state index in [1.165, 1.54) is 36.5 Å².